The Bertz CT molecular complexity index is 607. The lowest BCUT2D eigenvalue weighted by atomic mass is 10.2. The highest BCUT2D eigenvalue weighted by Crippen LogP contribution is 2.30. The number of ether oxygens (including phenoxy) is 1. The number of hydrogen-bond donors (Lipinski definition) is 0. The van der Waals surface area contributed by atoms with Gasteiger partial charge in [0.15, 0.2) is 11.5 Å². The number of thiophene rings is 1. The molecule has 6 heteroatoms. The monoisotopic (exact) mass is 276 g/mol. The minimum absolute atomic E-state index is 0.0534. The van der Waals surface area contributed by atoms with Gasteiger partial charge in [-0.1, -0.05) is 11.2 Å². The molecule has 2 bridgehead atoms. The number of nitrogens with zero attached hydrogens (tertiary/aromatic N) is 2. The van der Waals surface area contributed by atoms with Crippen molar-refractivity contribution < 1.29 is 14.1 Å². The number of carbonyl (C=O) groups excluding carboxylic acids is 1. The van der Waals surface area contributed by atoms with E-state index < -0.39 is 0 Å². The van der Waals surface area contributed by atoms with Crippen LogP contribution in [0.15, 0.2) is 28.1 Å². The summed E-state index contributed by atoms with van der Waals surface area (Å²) in [4.78, 5) is 15.2. The van der Waals surface area contributed by atoms with Gasteiger partial charge in [-0.3, -0.25) is 4.79 Å². The zero-order valence-corrected chi connectivity index (χ0v) is 10.9. The van der Waals surface area contributed by atoms with Gasteiger partial charge >= 0.3 is 0 Å². The first kappa shape index (κ1) is 11.2. The Morgan fingerprint density at radius 3 is 3.16 bits per heavy atom. The SMILES string of the molecule is O=C(c1cc(-c2cccs2)on1)N1C[C@H]2C[C@H]1CO2. The molecule has 4 heterocycles. The Hall–Kier alpha value is -1.66. The maximum Gasteiger partial charge on any atom is 0.276 e. The van der Waals surface area contributed by atoms with Crippen molar-refractivity contribution in [3.05, 3.63) is 29.3 Å². The summed E-state index contributed by atoms with van der Waals surface area (Å²) in [7, 11) is 0. The van der Waals surface area contributed by atoms with Crippen molar-refractivity contribution in [3.63, 3.8) is 0 Å². The first-order valence-corrected chi connectivity index (χ1v) is 7.12. The van der Waals surface area contributed by atoms with Gasteiger partial charge in [0.05, 0.1) is 23.6 Å². The molecule has 1 amide bonds. The highest BCUT2D eigenvalue weighted by Gasteiger charge is 2.42. The molecule has 2 aliphatic rings. The Kier molecular flexibility index (Phi) is 2.46. The summed E-state index contributed by atoms with van der Waals surface area (Å²) in [5, 5.41) is 5.87. The molecule has 98 valence electrons. The first-order chi connectivity index (χ1) is 9.31. The fraction of sp³-hybridized carbons (Fsp3) is 0.385. The van der Waals surface area contributed by atoms with Crippen LogP contribution in [-0.4, -0.2) is 41.3 Å². The third kappa shape index (κ3) is 1.79. The van der Waals surface area contributed by atoms with Gasteiger partial charge in [0.25, 0.3) is 5.91 Å². The van der Waals surface area contributed by atoms with Crippen LogP contribution in [0.1, 0.15) is 16.9 Å². The normalized spacial score (nSPS) is 25.2. The molecule has 0 unspecified atom stereocenters. The molecule has 2 aromatic heterocycles. The Morgan fingerprint density at radius 2 is 2.47 bits per heavy atom. The minimum atomic E-state index is -0.0534. The van der Waals surface area contributed by atoms with E-state index in [2.05, 4.69) is 5.16 Å². The lowest BCUT2D eigenvalue weighted by Gasteiger charge is -2.25. The average molecular weight is 276 g/mol. The predicted molar refractivity (Wildman–Crippen MR) is 69.0 cm³/mol. The zero-order valence-electron chi connectivity index (χ0n) is 10.1. The van der Waals surface area contributed by atoms with Crippen molar-refractivity contribution in [2.24, 2.45) is 0 Å². The zero-order chi connectivity index (χ0) is 12.8. The summed E-state index contributed by atoms with van der Waals surface area (Å²) < 4.78 is 10.7. The molecule has 0 N–H and O–H groups in total. The second-order valence-electron chi connectivity index (χ2n) is 4.86. The van der Waals surface area contributed by atoms with Crippen LogP contribution in [0.5, 0.6) is 0 Å². The van der Waals surface area contributed by atoms with Gasteiger partial charge in [-0.15, -0.1) is 11.3 Å². The van der Waals surface area contributed by atoms with Crippen LogP contribution in [0, 0.1) is 0 Å². The number of carbonyl (C=O) groups is 1. The number of morpholine rings is 1. The molecular formula is C13H12N2O3S. The van der Waals surface area contributed by atoms with E-state index in [0.717, 1.165) is 11.3 Å². The summed E-state index contributed by atoms with van der Waals surface area (Å²) in [6.07, 6.45) is 1.15. The van der Waals surface area contributed by atoms with Crippen molar-refractivity contribution in [1.82, 2.24) is 10.1 Å². The van der Waals surface area contributed by atoms with E-state index in [1.807, 2.05) is 22.4 Å². The summed E-state index contributed by atoms with van der Waals surface area (Å²) in [5.41, 5.74) is 0.385. The number of rotatable bonds is 2. The standard InChI is InChI=1S/C13H12N2O3S/c16-13(15-6-9-4-8(15)7-17-9)10-5-11(18-14-10)12-2-1-3-19-12/h1-3,5,8-9H,4,6-7H2/t8-,9+/m0/s1. The quantitative estimate of drug-likeness (QED) is 0.842. The molecular weight excluding hydrogens is 264 g/mol. The Balaban J connectivity index is 1.58. The summed E-state index contributed by atoms with van der Waals surface area (Å²) in [6, 6.07) is 5.83. The summed E-state index contributed by atoms with van der Waals surface area (Å²) in [5.74, 6) is 0.598. The minimum Gasteiger partial charge on any atom is -0.374 e. The number of amides is 1. The van der Waals surface area contributed by atoms with E-state index >= 15 is 0 Å². The van der Waals surface area contributed by atoms with Crippen molar-refractivity contribution >= 4 is 17.2 Å². The second kappa shape index (κ2) is 4.18. The van der Waals surface area contributed by atoms with Crippen LogP contribution < -0.4 is 0 Å². The van der Waals surface area contributed by atoms with Crippen LogP contribution in [0.4, 0.5) is 0 Å². The summed E-state index contributed by atoms with van der Waals surface area (Å²) in [6.45, 7) is 1.32. The van der Waals surface area contributed by atoms with E-state index in [1.54, 1.807) is 17.4 Å². The largest absolute Gasteiger partial charge is 0.374 e. The van der Waals surface area contributed by atoms with E-state index in [0.29, 0.717) is 24.6 Å². The molecule has 0 aromatic carbocycles. The van der Waals surface area contributed by atoms with Gasteiger partial charge in [0.2, 0.25) is 0 Å². The molecule has 2 atom stereocenters. The van der Waals surface area contributed by atoms with Crippen LogP contribution in [0.2, 0.25) is 0 Å². The van der Waals surface area contributed by atoms with Gasteiger partial charge in [0.1, 0.15) is 0 Å². The second-order valence-corrected chi connectivity index (χ2v) is 5.80. The maximum absolute atomic E-state index is 12.4. The van der Waals surface area contributed by atoms with Crippen LogP contribution in [0.3, 0.4) is 0 Å². The third-order valence-electron chi connectivity index (χ3n) is 3.65. The Labute approximate surface area is 113 Å². The number of hydrogen-bond acceptors (Lipinski definition) is 5. The first-order valence-electron chi connectivity index (χ1n) is 6.24. The van der Waals surface area contributed by atoms with Gasteiger partial charge in [-0.05, 0) is 17.9 Å². The summed E-state index contributed by atoms with van der Waals surface area (Å²) >= 11 is 1.57. The molecule has 0 saturated carbocycles. The van der Waals surface area contributed by atoms with Crippen LogP contribution in [-0.2, 0) is 4.74 Å². The maximum atomic E-state index is 12.4. The molecule has 19 heavy (non-hydrogen) atoms. The van der Waals surface area contributed by atoms with Crippen molar-refractivity contribution in [2.75, 3.05) is 13.2 Å². The van der Waals surface area contributed by atoms with E-state index in [1.165, 1.54) is 0 Å². The van der Waals surface area contributed by atoms with Crippen LogP contribution in [0.25, 0.3) is 10.6 Å². The van der Waals surface area contributed by atoms with Gasteiger partial charge < -0.3 is 14.2 Å². The van der Waals surface area contributed by atoms with Crippen molar-refractivity contribution in [2.45, 2.75) is 18.6 Å². The van der Waals surface area contributed by atoms with E-state index in [-0.39, 0.29) is 18.1 Å². The molecule has 2 aliphatic heterocycles. The highest BCUT2D eigenvalue weighted by atomic mass is 32.1. The molecule has 5 nitrogen and oxygen atoms in total. The number of fused-ring (bicyclic) bond motifs is 2. The molecule has 4 rings (SSSR count). The molecule has 0 aliphatic carbocycles. The fourth-order valence-corrected chi connectivity index (χ4v) is 3.38. The Morgan fingerprint density at radius 1 is 1.53 bits per heavy atom. The molecule has 0 spiro atoms. The molecule has 2 saturated heterocycles. The fourth-order valence-electron chi connectivity index (χ4n) is 2.71. The smallest absolute Gasteiger partial charge is 0.276 e. The van der Waals surface area contributed by atoms with E-state index in [9.17, 15) is 4.79 Å². The number of likely N-dealkylation sites (tertiary alicyclic amines) is 1. The lowest BCUT2D eigenvalue weighted by Crippen LogP contribution is -2.41. The number of aromatic nitrogens is 1. The molecule has 0 radical (unpaired) electrons. The third-order valence-corrected chi connectivity index (χ3v) is 4.54. The van der Waals surface area contributed by atoms with Gasteiger partial charge in [-0.2, -0.15) is 0 Å². The predicted octanol–water partition coefficient (Wildman–Crippen LogP) is 2.02. The van der Waals surface area contributed by atoms with Gasteiger partial charge in [-0.25, -0.2) is 0 Å². The topological polar surface area (TPSA) is 55.6 Å². The molecule has 2 aromatic rings. The lowest BCUT2D eigenvalue weighted by molar-refractivity contribution is 0.0253. The van der Waals surface area contributed by atoms with E-state index in [4.69, 9.17) is 9.26 Å². The highest BCUT2D eigenvalue weighted by molar-refractivity contribution is 7.13. The van der Waals surface area contributed by atoms with Gasteiger partial charge in [0, 0.05) is 12.6 Å². The van der Waals surface area contributed by atoms with Crippen LogP contribution >= 0.6 is 11.3 Å². The van der Waals surface area contributed by atoms with Crippen molar-refractivity contribution in [3.8, 4) is 10.6 Å². The molecule has 2 fully saturated rings. The average Bonchev–Trinajstić information content (AvgIpc) is 3.18. The van der Waals surface area contributed by atoms with Crippen molar-refractivity contribution in [1.29, 1.82) is 0 Å².